The summed E-state index contributed by atoms with van der Waals surface area (Å²) in [5, 5.41) is 22.0. The van der Waals surface area contributed by atoms with Crippen LogP contribution in [0, 0.1) is 10.1 Å². The summed E-state index contributed by atoms with van der Waals surface area (Å²) in [5.74, 6) is -2.33. The predicted molar refractivity (Wildman–Crippen MR) is 89.0 cm³/mol. The lowest BCUT2D eigenvalue weighted by Gasteiger charge is -2.32. The Balaban J connectivity index is 1.98. The molecule has 1 heterocycles. The molecule has 1 aliphatic heterocycles. The molecule has 0 aromatic heterocycles. The molecule has 0 radical (unpaired) electrons. The average molecular weight is 386 g/mol. The second-order valence-corrected chi connectivity index (χ2v) is 5.91. The van der Waals surface area contributed by atoms with Crippen molar-refractivity contribution in [3.05, 3.63) is 38.9 Å². The Morgan fingerprint density at radius 3 is 2.81 bits per heavy atom. The average Bonchev–Trinajstić information content (AvgIpc) is 2.58. The van der Waals surface area contributed by atoms with E-state index in [1.807, 2.05) is 0 Å². The maximum absolute atomic E-state index is 12.2. The highest BCUT2D eigenvalue weighted by atomic mass is 35.5. The first-order chi connectivity index (χ1) is 12.3. The Morgan fingerprint density at radius 2 is 2.15 bits per heavy atom. The lowest BCUT2D eigenvalue weighted by atomic mass is 10.1. The van der Waals surface area contributed by atoms with Crippen molar-refractivity contribution in [2.75, 3.05) is 26.2 Å². The Labute approximate surface area is 152 Å². The van der Waals surface area contributed by atoms with Crippen LogP contribution in [0.3, 0.4) is 0 Å². The van der Waals surface area contributed by atoms with Gasteiger partial charge in [-0.15, -0.1) is 0 Å². The molecule has 2 rings (SSSR count). The van der Waals surface area contributed by atoms with Crippen LogP contribution in [0.2, 0.25) is 5.02 Å². The van der Waals surface area contributed by atoms with Crippen LogP contribution in [-0.4, -0.2) is 65.1 Å². The Morgan fingerprint density at radius 1 is 1.42 bits per heavy atom. The van der Waals surface area contributed by atoms with Gasteiger partial charge in [0.05, 0.1) is 35.6 Å². The number of morpholine rings is 1. The van der Waals surface area contributed by atoms with Crippen LogP contribution in [0.25, 0.3) is 0 Å². The van der Waals surface area contributed by atoms with Gasteiger partial charge in [0, 0.05) is 19.2 Å². The van der Waals surface area contributed by atoms with Crippen molar-refractivity contribution < 1.29 is 29.2 Å². The largest absolute Gasteiger partial charge is 0.481 e. The van der Waals surface area contributed by atoms with Gasteiger partial charge in [-0.2, -0.15) is 0 Å². The fourth-order valence-corrected chi connectivity index (χ4v) is 2.77. The fraction of sp³-hybridized carbons (Fsp3) is 0.400. The number of halogens is 1. The smallest absolute Gasteiger partial charge is 0.306 e. The molecule has 0 saturated carbocycles. The second-order valence-electron chi connectivity index (χ2n) is 5.50. The number of aliphatic carboxylic acids is 1. The van der Waals surface area contributed by atoms with Gasteiger partial charge in [0.1, 0.15) is 5.56 Å². The van der Waals surface area contributed by atoms with Crippen molar-refractivity contribution in [3.8, 4) is 0 Å². The minimum Gasteiger partial charge on any atom is -0.481 e. The summed E-state index contributed by atoms with van der Waals surface area (Å²) in [6.45, 7) is 0.138. The molecule has 0 spiro atoms. The summed E-state index contributed by atoms with van der Waals surface area (Å²) in [7, 11) is 0. The minimum absolute atomic E-state index is 0.0905. The first-order valence-electron chi connectivity index (χ1n) is 7.62. The van der Waals surface area contributed by atoms with E-state index in [4.69, 9.17) is 21.4 Å². The van der Waals surface area contributed by atoms with Crippen molar-refractivity contribution in [2.24, 2.45) is 0 Å². The van der Waals surface area contributed by atoms with E-state index in [-0.39, 0.29) is 36.7 Å². The number of nitrogens with one attached hydrogen (secondary N) is 1. The zero-order valence-corrected chi connectivity index (χ0v) is 14.3. The third kappa shape index (κ3) is 4.90. The van der Waals surface area contributed by atoms with Crippen molar-refractivity contribution in [1.29, 1.82) is 0 Å². The first kappa shape index (κ1) is 19.6. The molecule has 1 saturated heterocycles. The van der Waals surface area contributed by atoms with Crippen LogP contribution in [0.1, 0.15) is 16.8 Å². The lowest BCUT2D eigenvalue weighted by Crippen LogP contribution is -2.49. The van der Waals surface area contributed by atoms with E-state index in [1.54, 1.807) is 0 Å². The number of nitrogens with zero attached hydrogens (tertiary/aromatic N) is 2. The highest BCUT2D eigenvalue weighted by Gasteiger charge is 2.27. The van der Waals surface area contributed by atoms with Crippen molar-refractivity contribution in [2.45, 2.75) is 12.5 Å². The number of hydrogen-bond acceptors (Lipinski definition) is 6. The normalized spacial score (nSPS) is 16.8. The molecular weight excluding hydrogens is 370 g/mol. The number of hydrogen-bond donors (Lipinski definition) is 2. The second kappa shape index (κ2) is 8.59. The molecule has 1 aromatic carbocycles. The van der Waals surface area contributed by atoms with Crippen molar-refractivity contribution >= 4 is 35.1 Å². The van der Waals surface area contributed by atoms with Crippen LogP contribution >= 0.6 is 11.6 Å². The number of carbonyl (C=O) groups is 3. The standard InChI is InChI=1S/C15H16ClN3O7/c16-10-2-1-3-11(19(24)25)14(10)15(23)17-7-12(20)18-4-5-26-9(8-18)6-13(21)22/h1-3,9H,4-8H2,(H,17,23)(H,21,22). The van der Waals surface area contributed by atoms with Crippen LogP contribution < -0.4 is 5.32 Å². The van der Waals surface area contributed by atoms with Gasteiger partial charge in [-0.25, -0.2) is 0 Å². The molecule has 1 aliphatic rings. The number of rotatable bonds is 6. The van der Waals surface area contributed by atoms with E-state index in [0.717, 1.165) is 6.07 Å². The number of carboxylic acids is 1. The van der Waals surface area contributed by atoms with Gasteiger partial charge >= 0.3 is 5.97 Å². The molecule has 1 unspecified atom stereocenters. The number of carboxylic acid groups (broad SMARTS) is 1. The topological polar surface area (TPSA) is 139 Å². The zero-order chi connectivity index (χ0) is 19.3. The number of amides is 2. The molecule has 10 nitrogen and oxygen atoms in total. The molecule has 11 heteroatoms. The van der Waals surface area contributed by atoms with Crippen molar-refractivity contribution in [1.82, 2.24) is 10.2 Å². The number of carbonyl (C=O) groups excluding carboxylic acids is 2. The third-order valence-corrected chi connectivity index (χ3v) is 4.02. The molecule has 1 atom stereocenters. The number of benzene rings is 1. The SMILES string of the molecule is O=C(O)CC1CN(C(=O)CNC(=O)c2c(Cl)cccc2[N+](=O)[O-])CCO1. The van der Waals surface area contributed by atoms with E-state index in [2.05, 4.69) is 5.32 Å². The van der Waals surface area contributed by atoms with E-state index in [0.29, 0.717) is 0 Å². The first-order valence-corrected chi connectivity index (χ1v) is 7.99. The highest BCUT2D eigenvalue weighted by molar-refractivity contribution is 6.34. The molecule has 0 bridgehead atoms. The quantitative estimate of drug-likeness (QED) is 0.542. The minimum atomic E-state index is -1.04. The summed E-state index contributed by atoms with van der Waals surface area (Å²) >= 11 is 5.87. The van der Waals surface area contributed by atoms with E-state index >= 15 is 0 Å². The van der Waals surface area contributed by atoms with Gasteiger partial charge in [0.25, 0.3) is 11.6 Å². The third-order valence-electron chi connectivity index (χ3n) is 3.71. The summed E-state index contributed by atoms with van der Waals surface area (Å²) < 4.78 is 5.27. The van der Waals surface area contributed by atoms with E-state index < -0.39 is 41.0 Å². The summed E-state index contributed by atoms with van der Waals surface area (Å²) in [4.78, 5) is 46.8. The Hall–Kier alpha value is -2.72. The van der Waals surface area contributed by atoms with Gasteiger partial charge < -0.3 is 20.1 Å². The van der Waals surface area contributed by atoms with E-state index in [1.165, 1.54) is 17.0 Å². The number of nitro groups is 1. The van der Waals surface area contributed by atoms with Gasteiger partial charge in [0.2, 0.25) is 5.91 Å². The Bertz CT molecular complexity index is 740. The fourth-order valence-electron chi connectivity index (χ4n) is 2.51. The van der Waals surface area contributed by atoms with Crippen molar-refractivity contribution in [3.63, 3.8) is 0 Å². The summed E-state index contributed by atoms with van der Waals surface area (Å²) in [5.41, 5.74) is -0.784. The molecular formula is C15H16ClN3O7. The zero-order valence-electron chi connectivity index (χ0n) is 13.5. The lowest BCUT2D eigenvalue weighted by molar-refractivity contribution is -0.385. The van der Waals surface area contributed by atoms with E-state index in [9.17, 15) is 24.5 Å². The van der Waals surface area contributed by atoms with Crippen LogP contribution in [0.15, 0.2) is 18.2 Å². The van der Waals surface area contributed by atoms with Gasteiger partial charge in [-0.05, 0) is 6.07 Å². The Kier molecular flexibility index (Phi) is 6.47. The molecule has 2 N–H and O–H groups in total. The molecule has 26 heavy (non-hydrogen) atoms. The molecule has 1 fully saturated rings. The number of nitro benzene ring substituents is 1. The molecule has 140 valence electrons. The molecule has 1 aromatic rings. The summed E-state index contributed by atoms with van der Waals surface area (Å²) in [6, 6.07) is 3.82. The summed E-state index contributed by atoms with van der Waals surface area (Å²) in [6.07, 6.45) is -0.854. The van der Waals surface area contributed by atoms with Crippen LogP contribution in [0.4, 0.5) is 5.69 Å². The van der Waals surface area contributed by atoms with Gasteiger partial charge in [-0.1, -0.05) is 17.7 Å². The van der Waals surface area contributed by atoms with Crippen LogP contribution in [0.5, 0.6) is 0 Å². The maximum atomic E-state index is 12.2. The predicted octanol–water partition coefficient (Wildman–Crippen LogP) is 0.680. The van der Waals surface area contributed by atoms with Gasteiger partial charge in [0.15, 0.2) is 0 Å². The molecule has 2 amide bonds. The highest BCUT2D eigenvalue weighted by Crippen LogP contribution is 2.25. The van der Waals surface area contributed by atoms with Gasteiger partial charge in [-0.3, -0.25) is 24.5 Å². The monoisotopic (exact) mass is 385 g/mol. The number of ether oxygens (including phenoxy) is 1. The molecule has 0 aliphatic carbocycles. The van der Waals surface area contributed by atoms with Crippen LogP contribution in [-0.2, 0) is 14.3 Å². The maximum Gasteiger partial charge on any atom is 0.306 e.